The Bertz CT molecular complexity index is 376. The predicted octanol–water partition coefficient (Wildman–Crippen LogP) is 2.26. The molecule has 0 amide bonds. The van der Waals surface area contributed by atoms with Crippen LogP contribution in [0.5, 0.6) is 5.75 Å². The topological polar surface area (TPSA) is 30.5 Å². The fraction of sp³-hybridized carbons (Fsp3) is 0.429. The highest BCUT2D eigenvalue weighted by Crippen LogP contribution is 2.25. The van der Waals surface area contributed by atoms with E-state index in [1.807, 2.05) is 0 Å². The van der Waals surface area contributed by atoms with Gasteiger partial charge in [0.05, 0.1) is 19.5 Å². The minimum absolute atomic E-state index is 0.731. The molecule has 1 aliphatic rings. The van der Waals surface area contributed by atoms with Crippen molar-refractivity contribution in [2.45, 2.75) is 19.4 Å². The third kappa shape index (κ3) is 3.49. The molecule has 3 nitrogen and oxygen atoms in total. The van der Waals surface area contributed by atoms with Crippen LogP contribution < -0.4 is 10.1 Å². The predicted molar refractivity (Wildman–Crippen MR) is 68.1 cm³/mol. The highest BCUT2D eigenvalue weighted by molar-refractivity contribution is 5.39. The van der Waals surface area contributed by atoms with Gasteiger partial charge in [0.1, 0.15) is 5.75 Å². The van der Waals surface area contributed by atoms with Crippen LogP contribution in [0.15, 0.2) is 31.0 Å². The van der Waals surface area contributed by atoms with Gasteiger partial charge in [0, 0.05) is 13.0 Å². The van der Waals surface area contributed by atoms with Crippen molar-refractivity contribution in [1.29, 1.82) is 0 Å². The van der Waals surface area contributed by atoms with Crippen LogP contribution in [0.25, 0.3) is 0 Å². The molecule has 0 bridgehead atoms. The summed E-state index contributed by atoms with van der Waals surface area (Å²) in [4.78, 5) is 0. The largest absolute Gasteiger partial charge is 0.502 e. The fourth-order valence-electron chi connectivity index (χ4n) is 1.95. The van der Waals surface area contributed by atoms with Gasteiger partial charge in [-0.2, -0.15) is 0 Å². The average Bonchev–Trinajstić information content (AvgIpc) is 2.81. The number of hydrogen-bond acceptors (Lipinski definition) is 3. The molecule has 0 aromatic heterocycles. The van der Waals surface area contributed by atoms with Gasteiger partial charge in [0.15, 0.2) is 0 Å². The van der Waals surface area contributed by atoms with Crippen molar-refractivity contribution < 1.29 is 9.47 Å². The Morgan fingerprint density at radius 1 is 1.47 bits per heavy atom. The van der Waals surface area contributed by atoms with Gasteiger partial charge in [-0.15, -0.1) is 0 Å². The van der Waals surface area contributed by atoms with Crippen LogP contribution in [0.3, 0.4) is 0 Å². The fourth-order valence-corrected chi connectivity index (χ4v) is 1.95. The van der Waals surface area contributed by atoms with Gasteiger partial charge < -0.3 is 14.8 Å². The van der Waals surface area contributed by atoms with Crippen LogP contribution in [0.2, 0.25) is 0 Å². The Hall–Kier alpha value is -1.48. The quantitative estimate of drug-likeness (QED) is 0.579. The summed E-state index contributed by atoms with van der Waals surface area (Å²) in [5, 5.41) is 3.40. The first-order valence-electron chi connectivity index (χ1n) is 6.08. The maximum Gasteiger partial charge on any atom is 0.122 e. The molecule has 0 saturated heterocycles. The van der Waals surface area contributed by atoms with Gasteiger partial charge in [-0.3, -0.25) is 0 Å². The van der Waals surface area contributed by atoms with Crippen molar-refractivity contribution in [2.24, 2.45) is 0 Å². The van der Waals surface area contributed by atoms with E-state index >= 15 is 0 Å². The number of benzene rings is 1. The van der Waals surface area contributed by atoms with Crippen LogP contribution in [-0.2, 0) is 17.7 Å². The first kappa shape index (κ1) is 12.0. The molecule has 1 heterocycles. The summed E-state index contributed by atoms with van der Waals surface area (Å²) in [5.74, 6) is 1.05. The van der Waals surface area contributed by atoms with Crippen LogP contribution in [-0.4, -0.2) is 19.8 Å². The lowest BCUT2D eigenvalue weighted by molar-refractivity contribution is 0.244. The molecule has 1 N–H and O–H groups in total. The zero-order valence-corrected chi connectivity index (χ0v) is 10.1. The molecule has 1 aromatic carbocycles. The summed E-state index contributed by atoms with van der Waals surface area (Å²) in [7, 11) is 0. The third-order valence-electron chi connectivity index (χ3n) is 2.82. The van der Waals surface area contributed by atoms with Crippen LogP contribution >= 0.6 is 0 Å². The van der Waals surface area contributed by atoms with E-state index in [2.05, 4.69) is 30.1 Å². The van der Waals surface area contributed by atoms with E-state index in [0.717, 1.165) is 44.9 Å². The number of ether oxygens (including phenoxy) is 2. The highest BCUT2D eigenvalue weighted by Gasteiger charge is 2.11. The molecule has 17 heavy (non-hydrogen) atoms. The molecule has 2 rings (SSSR count). The zero-order chi connectivity index (χ0) is 11.9. The summed E-state index contributed by atoms with van der Waals surface area (Å²) in [6.45, 7) is 6.92. The molecule has 0 unspecified atom stereocenters. The van der Waals surface area contributed by atoms with E-state index in [1.54, 1.807) is 0 Å². The molecule has 1 aliphatic heterocycles. The zero-order valence-electron chi connectivity index (χ0n) is 10.1. The molecule has 92 valence electrons. The Balaban J connectivity index is 1.70. The molecule has 0 saturated carbocycles. The van der Waals surface area contributed by atoms with Crippen LogP contribution in [0.4, 0.5) is 0 Å². The lowest BCUT2D eigenvalue weighted by Gasteiger charge is -2.06. The lowest BCUT2D eigenvalue weighted by atomic mass is 10.1. The van der Waals surface area contributed by atoms with E-state index in [9.17, 15) is 0 Å². The summed E-state index contributed by atoms with van der Waals surface area (Å²) >= 11 is 0. The minimum atomic E-state index is 0.731. The smallest absolute Gasteiger partial charge is 0.122 e. The Kier molecular flexibility index (Phi) is 4.45. The van der Waals surface area contributed by atoms with E-state index in [1.165, 1.54) is 17.4 Å². The van der Waals surface area contributed by atoms with Crippen molar-refractivity contribution in [3.63, 3.8) is 0 Å². The number of fused-ring (bicyclic) bond motifs is 1. The van der Waals surface area contributed by atoms with E-state index in [-0.39, 0.29) is 0 Å². The second-order valence-electron chi connectivity index (χ2n) is 4.11. The second kappa shape index (κ2) is 6.30. The molecule has 0 atom stereocenters. The first-order chi connectivity index (χ1) is 8.40. The minimum Gasteiger partial charge on any atom is -0.502 e. The van der Waals surface area contributed by atoms with Crippen molar-refractivity contribution in [3.8, 4) is 5.75 Å². The van der Waals surface area contributed by atoms with Gasteiger partial charge in [0.2, 0.25) is 0 Å². The second-order valence-corrected chi connectivity index (χ2v) is 4.11. The van der Waals surface area contributed by atoms with Crippen molar-refractivity contribution >= 4 is 0 Å². The molecule has 0 aliphatic carbocycles. The molecule has 0 spiro atoms. The van der Waals surface area contributed by atoms with Crippen LogP contribution in [0, 0.1) is 0 Å². The maximum absolute atomic E-state index is 5.48. The van der Waals surface area contributed by atoms with Crippen molar-refractivity contribution in [3.05, 3.63) is 42.2 Å². The molecule has 3 heteroatoms. The molecular formula is C14H19NO2. The summed E-state index contributed by atoms with van der Waals surface area (Å²) in [5.41, 5.74) is 2.65. The Labute approximate surface area is 102 Å². The van der Waals surface area contributed by atoms with Crippen molar-refractivity contribution in [1.82, 2.24) is 5.32 Å². The van der Waals surface area contributed by atoms with Crippen molar-refractivity contribution in [2.75, 3.05) is 19.8 Å². The standard InChI is InChI=1S/C14H19NO2/c1-2-16-8-3-7-15-11-12-4-5-14-13(10-12)6-9-17-14/h2,4-5,10,15H,1,3,6-9,11H2. The van der Waals surface area contributed by atoms with Crippen LogP contribution in [0.1, 0.15) is 17.5 Å². The number of rotatable bonds is 7. The third-order valence-corrected chi connectivity index (χ3v) is 2.82. The Morgan fingerprint density at radius 2 is 2.41 bits per heavy atom. The SMILES string of the molecule is C=COCCCNCc1ccc2c(c1)CCO2. The van der Waals surface area contributed by atoms with E-state index < -0.39 is 0 Å². The molecular weight excluding hydrogens is 214 g/mol. The molecule has 0 radical (unpaired) electrons. The van der Waals surface area contributed by atoms with Gasteiger partial charge in [-0.05, 0) is 30.2 Å². The monoisotopic (exact) mass is 233 g/mol. The summed E-state index contributed by atoms with van der Waals surface area (Å²) < 4.78 is 10.5. The summed E-state index contributed by atoms with van der Waals surface area (Å²) in [6.07, 6.45) is 3.52. The van der Waals surface area contributed by atoms with E-state index in [4.69, 9.17) is 9.47 Å². The normalized spacial score (nSPS) is 12.9. The number of hydrogen-bond donors (Lipinski definition) is 1. The molecule has 0 fully saturated rings. The van der Waals surface area contributed by atoms with Gasteiger partial charge in [-0.1, -0.05) is 18.7 Å². The van der Waals surface area contributed by atoms with Gasteiger partial charge in [-0.25, -0.2) is 0 Å². The van der Waals surface area contributed by atoms with E-state index in [0.29, 0.717) is 0 Å². The van der Waals surface area contributed by atoms with Gasteiger partial charge in [0.25, 0.3) is 0 Å². The van der Waals surface area contributed by atoms with Gasteiger partial charge >= 0.3 is 0 Å². The average molecular weight is 233 g/mol. The maximum atomic E-state index is 5.48. The Morgan fingerprint density at radius 3 is 3.29 bits per heavy atom. The molecule has 1 aromatic rings. The lowest BCUT2D eigenvalue weighted by Crippen LogP contribution is -2.16. The first-order valence-corrected chi connectivity index (χ1v) is 6.08. The number of nitrogens with one attached hydrogen (secondary N) is 1. The highest BCUT2D eigenvalue weighted by atomic mass is 16.5. The summed E-state index contributed by atoms with van der Waals surface area (Å²) in [6, 6.07) is 6.42.